The minimum atomic E-state index is 0.202. The third-order valence-electron chi connectivity index (χ3n) is 6.79. The Labute approximate surface area is 186 Å². The van der Waals surface area contributed by atoms with E-state index in [1.54, 1.807) is 7.11 Å². The Morgan fingerprint density at radius 3 is 2.55 bits per heavy atom. The topological polar surface area (TPSA) is 32.8 Å². The van der Waals surface area contributed by atoms with E-state index in [2.05, 4.69) is 74.3 Å². The molecule has 1 amide bonds. The molecular formula is C27H34N2O2. The molecule has 2 aliphatic rings. The van der Waals surface area contributed by atoms with Crippen LogP contribution in [0.15, 0.2) is 48.6 Å². The fraction of sp³-hybridized carbons (Fsp3) is 0.444. The Bertz CT molecular complexity index is 962. The smallest absolute Gasteiger partial charge is 0.227 e. The molecule has 0 bridgehead atoms. The highest BCUT2D eigenvalue weighted by atomic mass is 16.5. The summed E-state index contributed by atoms with van der Waals surface area (Å²) in [7, 11) is 3.92. The molecule has 0 saturated heterocycles. The maximum absolute atomic E-state index is 13.2. The van der Waals surface area contributed by atoms with E-state index in [-0.39, 0.29) is 5.91 Å². The summed E-state index contributed by atoms with van der Waals surface area (Å²) in [5.41, 5.74) is 6.28. The van der Waals surface area contributed by atoms with Crippen LogP contribution in [0.5, 0.6) is 5.75 Å². The quantitative estimate of drug-likeness (QED) is 0.649. The van der Waals surface area contributed by atoms with E-state index in [9.17, 15) is 4.79 Å². The number of rotatable bonds is 5. The summed E-state index contributed by atoms with van der Waals surface area (Å²) in [6.07, 6.45) is 6.81. The van der Waals surface area contributed by atoms with E-state index in [0.717, 1.165) is 37.2 Å². The Balaban J connectivity index is 1.56. The molecule has 0 N–H and O–H groups in total. The van der Waals surface area contributed by atoms with Gasteiger partial charge in [-0.05, 0) is 54.1 Å². The van der Waals surface area contributed by atoms with Crippen molar-refractivity contribution in [3.05, 3.63) is 76.4 Å². The van der Waals surface area contributed by atoms with E-state index >= 15 is 0 Å². The Hall–Kier alpha value is -2.59. The van der Waals surface area contributed by atoms with Crippen molar-refractivity contribution in [2.45, 2.75) is 51.6 Å². The Morgan fingerprint density at radius 2 is 1.87 bits per heavy atom. The molecule has 0 radical (unpaired) electrons. The lowest BCUT2D eigenvalue weighted by atomic mass is 9.87. The van der Waals surface area contributed by atoms with Crippen LogP contribution in [0.2, 0.25) is 0 Å². The molecule has 164 valence electrons. The number of likely N-dealkylation sites (N-methyl/N-ethyl adjacent to an activating group) is 1. The summed E-state index contributed by atoms with van der Waals surface area (Å²) in [6, 6.07) is 13.2. The second-order valence-corrected chi connectivity index (χ2v) is 9.11. The highest BCUT2D eigenvalue weighted by Crippen LogP contribution is 2.37. The molecule has 0 aromatic heterocycles. The number of carbonyl (C=O) groups is 1. The van der Waals surface area contributed by atoms with Gasteiger partial charge in [-0.15, -0.1) is 0 Å². The number of benzene rings is 2. The maximum Gasteiger partial charge on any atom is 0.227 e. The Morgan fingerprint density at radius 1 is 1.10 bits per heavy atom. The van der Waals surface area contributed by atoms with Crippen molar-refractivity contribution in [3.8, 4) is 5.75 Å². The summed E-state index contributed by atoms with van der Waals surface area (Å²) in [4.78, 5) is 17.6. The predicted octanol–water partition coefficient (Wildman–Crippen LogP) is 4.88. The lowest BCUT2D eigenvalue weighted by Gasteiger charge is -2.36. The SMILES string of the molecule is COc1ccc(C2CC=CCN2C)c2c1CCN(C(=O)Cc1ccc(C(C)C)cc1)C2. The van der Waals surface area contributed by atoms with Crippen LogP contribution in [0.4, 0.5) is 0 Å². The van der Waals surface area contributed by atoms with Crippen molar-refractivity contribution in [2.24, 2.45) is 0 Å². The van der Waals surface area contributed by atoms with E-state index < -0.39 is 0 Å². The molecule has 1 unspecified atom stereocenters. The zero-order valence-corrected chi connectivity index (χ0v) is 19.2. The van der Waals surface area contributed by atoms with Gasteiger partial charge in [0, 0.05) is 31.2 Å². The first-order chi connectivity index (χ1) is 15.0. The van der Waals surface area contributed by atoms with Crippen LogP contribution in [0.25, 0.3) is 0 Å². The first kappa shape index (κ1) is 21.6. The average Bonchev–Trinajstić information content (AvgIpc) is 2.79. The van der Waals surface area contributed by atoms with Gasteiger partial charge in [0.15, 0.2) is 0 Å². The van der Waals surface area contributed by atoms with Crippen LogP contribution in [-0.4, -0.2) is 43.0 Å². The van der Waals surface area contributed by atoms with Crippen LogP contribution in [0.3, 0.4) is 0 Å². The standard InChI is InChI=1S/C27H34N2O2/c1-19(2)21-10-8-20(9-11-21)17-27(30)29-16-14-23-24(18-29)22(12-13-26(23)31-4)25-7-5-6-15-28(25)3/h5-6,8-13,19,25H,7,14-18H2,1-4H3. The van der Waals surface area contributed by atoms with Gasteiger partial charge in [0.1, 0.15) is 5.75 Å². The number of methoxy groups -OCH3 is 1. The molecule has 0 saturated carbocycles. The molecule has 0 spiro atoms. The molecule has 2 aromatic carbocycles. The molecule has 4 heteroatoms. The van der Waals surface area contributed by atoms with Gasteiger partial charge < -0.3 is 9.64 Å². The van der Waals surface area contributed by atoms with Crippen LogP contribution in [0.1, 0.15) is 60.0 Å². The summed E-state index contributed by atoms with van der Waals surface area (Å²) in [5, 5.41) is 0. The number of hydrogen-bond donors (Lipinski definition) is 0. The maximum atomic E-state index is 13.2. The highest BCUT2D eigenvalue weighted by Gasteiger charge is 2.29. The van der Waals surface area contributed by atoms with Gasteiger partial charge in [-0.1, -0.05) is 56.3 Å². The van der Waals surface area contributed by atoms with Gasteiger partial charge in [-0.25, -0.2) is 0 Å². The number of amides is 1. The largest absolute Gasteiger partial charge is 0.496 e. The Kier molecular flexibility index (Phi) is 6.47. The second-order valence-electron chi connectivity index (χ2n) is 9.11. The molecule has 1 atom stereocenters. The summed E-state index contributed by atoms with van der Waals surface area (Å²) < 4.78 is 5.67. The molecule has 2 heterocycles. The molecule has 2 aliphatic heterocycles. The number of ether oxygens (including phenoxy) is 1. The monoisotopic (exact) mass is 418 g/mol. The molecule has 4 nitrogen and oxygen atoms in total. The second kappa shape index (κ2) is 9.27. The van der Waals surface area contributed by atoms with E-state index in [0.29, 0.717) is 24.9 Å². The van der Waals surface area contributed by atoms with Gasteiger partial charge in [-0.3, -0.25) is 9.69 Å². The molecule has 31 heavy (non-hydrogen) atoms. The number of fused-ring (bicyclic) bond motifs is 1. The first-order valence-corrected chi connectivity index (χ1v) is 11.4. The lowest BCUT2D eigenvalue weighted by Crippen LogP contribution is -2.38. The highest BCUT2D eigenvalue weighted by molar-refractivity contribution is 5.79. The van der Waals surface area contributed by atoms with Crippen LogP contribution < -0.4 is 4.74 Å². The third-order valence-corrected chi connectivity index (χ3v) is 6.79. The molecule has 0 fully saturated rings. The van der Waals surface area contributed by atoms with Crippen LogP contribution >= 0.6 is 0 Å². The number of nitrogens with zero attached hydrogens (tertiary/aromatic N) is 2. The van der Waals surface area contributed by atoms with Gasteiger partial charge in [0.05, 0.1) is 13.5 Å². The van der Waals surface area contributed by atoms with Crippen LogP contribution in [-0.2, 0) is 24.2 Å². The number of hydrogen-bond acceptors (Lipinski definition) is 3. The van der Waals surface area contributed by atoms with E-state index in [4.69, 9.17) is 4.74 Å². The summed E-state index contributed by atoms with van der Waals surface area (Å²) in [6.45, 7) is 6.75. The predicted molar refractivity (Wildman–Crippen MR) is 125 cm³/mol. The van der Waals surface area contributed by atoms with Crippen LogP contribution in [0, 0.1) is 0 Å². The van der Waals surface area contributed by atoms with E-state index in [1.807, 2.05) is 4.90 Å². The fourth-order valence-corrected chi connectivity index (χ4v) is 4.83. The minimum Gasteiger partial charge on any atom is -0.496 e. The average molecular weight is 419 g/mol. The van der Waals surface area contributed by atoms with Crippen molar-refractivity contribution in [3.63, 3.8) is 0 Å². The van der Waals surface area contributed by atoms with Crippen molar-refractivity contribution in [1.82, 2.24) is 9.80 Å². The lowest BCUT2D eigenvalue weighted by molar-refractivity contribution is -0.131. The normalized spacial score (nSPS) is 18.9. The van der Waals surface area contributed by atoms with Gasteiger partial charge in [-0.2, -0.15) is 0 Å². The zero-order chi connectivity index (χ0) is 22.0. The molecule has 4 rings (SSSR count). The van der Waals surface area contributed by atoms with Crippen molar-refractivity contribution in [2.75, 3.05) is 27.2 Å². The zero-order valence-electron chi connectivity index (χ0n) is 19.2. The van der Waals surface area contributed by atoms with E-state index in [1.165, 1.54) is 22.3 Å². The summed E-state index contributed by atoms with van der Waals surface area (Å²) in [5.74, 6) is 1.65. The molecule has 0 aliphatic carbocycles. The van der Waals surface area contributed by atoms with Gasteiger partial charge in [0.25, 0.3) is 0 Å². The van der Waals surface area contributed by atoms with Crippen molar-refractivity contribution in [1.29, 1.82) is 0 Å². The molecular weight excluding hydrogens is 384 g/mol. The third kappa shape index (κ3) is 4.54. The van der Waals surface area contributed by atoms with Crippen molar-refractivity contribution < 1.29 is 9.53 Å². The van der Waals surface area contributed by atoms with Gasteiger partial charge >= 0.3 is 0 Å². The number of carbonyl (C=O) groups excluding carboxylic acids is 1. The molecule has 2 aromatic rings. The first-order valence-electron chi connectivity index (χ1n) is 11.4. The van der Waals surface area contributed by atoms with Gasteiger partial charge in [0.2, 0.25) is 5.91 Å². The van der Waals surface area contributed by atoms with Crippen molar-refractivity contribution >= 4 is 5.91 Å². The summed E-state index contributed by atoms with van der Waals surface area (Å²) >= 11 is 0. The minimum absolute atomic E-state index is 0.202. The fourth-order valence-electron chi connectivity index (χ4n) is 4.83.